The number of rotatable bonds is 4. The van der Waals surface area contributed by atoms with E-state index in [1.807, 2.05) is 0 Å². The third-order valence-electron chi connectivity index (χ3n) is 3.88. The summed E-state index contributed by atoms with van der Waals surface area (Å²) in [4.78, 5) is 24.6. The van der Waals surface area contributed by atoms with Crippen LogP contribution in [0, 0.1) is 15.9 Å². The Balaban J connectivity index is 1.99. The lowest BCUT2D eigenvalue weighted by Crippen LogP contribution is -2.45. The Kier molecular flexibility index (Phi) is 4.16. The fraction of sp³-hybridized carbons (Fsp3) is 0.235. The number of carbonyl (C=O) groups is 1. The van der Waals surface area contributed by atoms with E-state index in [9.17, 15) is 19.3 Å². The van der Waals surface area contributed by atoms with E-state index in [0.717, 1.165) is 5.56 Å². The van der Waals surface area contributed by atoms with Gasteiger partial charge in [0.1, 0.15) is 5.82 Å². The lowest BCUT2D eigenvalue weighted by atomic mass is 10.1. The molecule has 0 spiro atoms. The summed E-state index contributed by atoms with van der Waals surface area (Å²) in [5.74, 6) is -0.268. The van der Waals surface area contributed by atoms with Crippen molar-refractivity contribution in [2.45, 2.75) is 26.0 Å². The molecule has 2 aromatic rings. The summed E-state index contributed by atoms with van der Waals surface area (Å²) in [7, 11) is 0. The van der Waals surface area contributed by atoms with E-state index in [0.29, 0.717) is 17.9 Å². The quantitative estimate of drug-likeness (QED) is 0.636. The van der Waals surface area contributed by atoms with Gasteiger partial charge in [-0.05, 0) is 30.2 Å². The van der Waals surface area contributed by atoms with Crippen LogP contribution in [0.4, 0.5) is 15.8 Å². The number of nitrogens with zero attached hydrogens (tertiary/aromatic N) is 2. The molecule has 1 atom stereocenters. The van der Waals surface area contributed by atoms with Gasteiger partial charge >= 0.3 is 0 Å². The maximum atomic E-state index is 13.1. The second kappa shape index (κ2) is 6.27. The average molecular weight is 330 g/mol. The van der Waals surface area contributed by atoms with E-state index >= 15 is 0 Å². The van der Waals surface area contributed by atoms with Gasteiger partial charge in [-0.15, -0.1) is 0 Å². The van der Waals surface area contributed by atoms with E-state index in [1.165, 1.54) is 35.2 Å². The van der Waals surface area contributed by atoms with Crippen molar-refractivity contribution in [2.24, 2.45) is 0 Å². The Morgan fingerprint density at radius 1 is 1.25 bits per heavy atom. The van der Waals surface area contributed by atoms with Gasteiger partial charge < -0.3 is 9.64 Å². The fourth-order valence-corrected chi connectivity index (χ4v) is 2.62. The van der Waals surface area contributed by atoms with Gasteiger partial charge in [0.25, 0.3) is 11.6 Å². The summed E-state index contributed by atoms with van der Waals surface area (Å²) < 4.78 is 18.7. The summed E-state index contributed by atoms with van der Waals surface area (Å²) in [5.41, 5.74) is 1.13. The number of fused-ring (bicyclic) bond motifs is 1. The van der Waals surface area contributed by atoms with Crippen LogP contribution in [-0.4, -0.2) is 16.9 Å². The van der Waals surface area contributed by atoms with Crippen LogP contribution in [0.3, 0.4) is 0 Å². The molecule has 1 heterocycles. The third-order valence-corrected chi connectivity index (χ3v) is 3.88. The molecular formula is C17H15FN2O4. The van der Waals surface area contributed by atoms with Gasteiger partial charge in [0.05, 0.1) is 23.2 Å². The maximum Gasteiger partial charge on any atom is 0.273 e. The molecule has 24 heavy (non-hydrogen) atoms. The first-order valence-electron chi connectivity index (χ1n) is 7.50. The SMILES string of the molecule is CC[C@H]1Oc2cc([N+](=O)[O-])ccc2N(Cc2ccc(F)cc2)C1=O. The highest BCUT2D eigenvalue weighted by atomic mass is 19.1. The lowest BCUT2D eigenvalue weighted by molar-refractivity contribution is -0.384. The van der Waals surface area contributed by atoms with Crippen molar-refractivity contribution in [3.05, 3.63) is 64.0 Å². The highest BCUT2D eigenvalue weighted by Crippen LogP contribution is 2.38. The summed E-state index contributed by atoms with van der Waals surface area (Å²) in [6.45, 7) is 2.05. The van der Waals surface area contributed by atoms with Gasteiger partial charge in [-0.25, -0.2) is 4.39 Å². The molecule has 0 fully saturated rings. The molecular weight excluding hydrogens is 315 g/mol. The number of anilines is 1. The molecule has 0 unspecified atom stereocenters. The molecule has 0 N–H and O–H groups in total. The molecule has 1 aliphatic rings. The standard InChI is InChI=1S/C17H15FN2O4/c1-2-15-17(21)19(10-11-3-5-12(18)6-4-11)14-8-7-13(20(22)23)9-16(14)24-15/h3-9,15H,2,10H2,1H3/t15-/m1/s1. The molecule has 7 heteroatoms. The van der Waals surface area contributed by atoms with Crippen LogP contribution in [0.5, 0.6) is 5.75 Å². The minimum atomic E-state index is -0.694. The second-order valence-corrected chi connectivity index (χ2v) is 5.47. The first-order valence-corrected chi connectivity index (χ1v) is 7.50. The Morgan fingerprint density at radius 3 is 2.58 bits per heavy atom. The molecule has 0 saturated heterocycles. The minimum absolute atomic E-state index is 0.0975. The largest absolute Gasteiger partial charge is 0.478 e. The molecule has 124 valence electrons. The summed E-state index contributed by atoms with van der Waals surface area (Å²) >= 11 is 0. The van der Waals surface area contributed by atoms with Gasteiger partial charge in [-0.1, -0.05) is 19.1 Å². The van der Waals surface area contributed by atoms with Gasteiger partial charge in [0.15, 0.2) is 11.9 Å². The zero-order valence-electron chi connectivity index (χ0n) is 12.9. The number of hydrogen-bond acceptors (Lipinski definition) is 4. The Bertz CT molecular complexity index is 792. The highest BCUT2D eigenvalue weighted by molar-refractivity contribution is 6.00. The number of ether oxygens (including phenoxy) is 1. The van der Waals surface area contributed by atoms with E-state index in [4.69, 9.17) is 4.74 Å². The molecule has 6 nitrogen and oxygen atoms in total. The average Bonchev–Trinajstić information content (AvgIpc) is 2.58. The molecule has 1 amide bonds. The number of non-ortho nitro benzene ring substituents is 1. The second-order valence-electron chi connectivity index (χ2n) is 5.47. The predicted octanol–water partition coefficient (Wildman–Crippen LogP) is 3.44. The monoisotopic (exact) mass is 330 g/mol. The van der Waals surface area contributed by atoms with Crippen LogP contribution in [0.2, 0.25) is 0 Å². The molecule has 0 aromatic heterocycles. The molecule has 2 aromatic carbocycles. The lowest BCUT2D eigenvalue weighted by Gasteiger charge is -2.34. The summed E-state index contributed by atoms with van der Waals surface area (Å²) in [6, 6.07) is 10.0. The number of nitro groups is 1. The van der Waals surface area contributed by atoms with Crippen molar-refractivity contribution in [2.75, 3.05) is 4.90 Å². The summed E-state index contributed by atoms with van der Waals surface area (Å²) in [5, 5.41) is 10.9. The highest BCUT2D eigenvalue weighted by Gasteiger charge is 2.34. The van der Waals surface area contributed by atoms with Crippen molar-refractivity contribution in [1.82, 2.24) is 0 Å². The number of halogens is 1. The van der Waals surface area contributed by atoms with Crippen molar-refractivity contribution < 1.29 is 18.8 Å². The van der Waals surface area contributed by atoms with Crippen LogP contribution in [0.1, 0.15) is 18.9 Å². The molecule has 0 radical (unpaired) electrons. The van der Waals surface area contributed by atoms with Crippen molar-refractivity contribution in [3.8, 4) is 5.75 Å². The number of amides is 1. The van der Waals surface area contributed by atoms with Crippen molar-refractivity contribution in [1.29, 1.82) is 0 Å². The first-order chi connectivity index (χ1) is 11.5. The van der Waals surface area contributed by atoms with Gasteiger partial charge in [-0.2, -0.15) is 0 Å². The number of carbonyl (C=O) groups excluding carboxylic acids is 1. The molecule has 0 aliphatic carbocycles. The number of benzene rings is 2. The predicted molar refractivity (Wildman–Crippen MR) is 85.4 cm³/mol. The van der Waals surface area contributed by atoms with Crippen molar-refractivity contribution >= 4 is 17.3 Å². The zero-order valence-corrected chi connectivity index (χ0v) is 12.9. The van der Waals surface area contributed by atoms with Gasteiger partial charge in [-0.3, -0.25) is 14.9 Å². The van der Waals surface area contributed by atoms with Crippen LogP contribution in [0.25, 0.3) is 0 Å². The Morgan fingerprint density at radius 2 is 1.96 bits per heavy atom. The first kappa shape index (κ1) is 15.9. The normalized spacial score (nSPS) is 16.5. The topological polar surface area (TPSA) is 72.7 Å². The summed E-state index contributed by atoms with van der Waals surface area (Å²) in [6.07, 6.45) is -0.249. The fourth-order valence-electron chi connectivity index (χ4n) is 2.62. The van der Waals surface area contributed by atoms with E-state index < -0.39 is 11.0 Å². The smallest absolute Gasteiger partial charge is 0.273 e. The zero-order chi connectivity index (χ0) is 17.3. The molecule has 0 saturated carbocycles. The Labute approximate surface area is 137 Å². The van der Waals surface area contributed by atoms with Crippen LogP contribution in [-0.2, 0) is 11.3 Å². The number of nitro benzene ring substituents is 1. The Hall–Kier alpha value is -2.96. The molecule has 3 rings (SSSR count). The molecule has 0 bridgehead atoms. The van der Waals surface area contributed by atoms with Crippen molar-refractivity contribution in [3.63, 3.8) is 0 Å². The maximum absolute atomic E-state index is 13.1. The van der Waals surface area contributed by atoms with E-state index in [-0.39, 0.29) is 24.0 Å². The molecule has 1 aliphatic heterocycles. The van der Waals surface area contributed by atoms with Crippen LogP contribution < -0.4 is 9.64 Å². The van der Waals surface area contributed by atoms with Gasteiger partial charge in [0.2, 0.25) is 0 Å². The third kappa shape index (κ3) is 2.92. The number of hydrogen-bond donors (Lipinski definition) is 0. The van der Waals surface area contributed by atoms with E-state index in [1.54, 1.807) is 19.1 Å². The van der Waals surface area contributed by atoms with Crippen LogP contribution >= 0.6 is 0 Å². The van der Waals surface area contributed by atoms with E-state index in [2.05, 4.69) is 0 Å². The minimum Gasteiger partial charge on any atom is -0.478 e. The van der Waals surface area contributed by atoms with Crippen LogP contribution in [0.15, 0.2) is 42.5 Å². The van der Waals surface area contributed by atoms with Gasteiger partial charge in [0, 0.05) is 6.07 Å².